The summed E-state index contributed by atoms with van der Waals surface area (Å²) in [4.78, 5) is 24.8. The van der Waals surface area contributed by atoms with Crippen molar-refractivity contribution in [1.29, 1.82) is 0 Å². The number of nitrogens with one attached hydrogen (secondary N) is 2. The topological polar surface area (TPSA) is 114 Å². The number of fused-ring (bicyclic) bond motifs is 1. The van der Waals surface area contributed by atoms with Gasteiger partial charge in [0.25, 0.3) is 0 Å². The van der Waals surface area contributed by atoms with Gasteiger partial charge in [-0.25, -0.2) is 9.97 Å². The van der Waals surface area contributed by atoms with E-state index in [-0.39, 0.29) is 11.8 Å². The van der Waals surface area contributed by atoms with Crippen LogP contribution < -0.4 is 5.32 Å². The van der Waals surface area contributed by atoms with Crippen molar-refractivity contribution in [3.8, 4) is 11.5 Å². The number of nitrogens with zero attached hydrogens (tertiary/aromatic N) is 6. The number of H-pyrrole nitrogens is 1. The Morgan fingerprint density at radius 3 is 3.21 bits per heavy atom. The maximum Gasteiger partial charge on any atom is 0.223 e. The number of amides is 1. The average molecular weight is 324 g/mol. The number of rotatable bonds is 4. The maximum atomic E-state index is 12.4. The van der Waals surface area contributed by atoms with Crippen LogP contribution in [-0.4, -0.2) is 40.8 Å². The van der Waals surface area contributed by atoms with E-state index >= 15 is 0 Å². The smallest absolute Gasteiger partial charge is 0.223 e. The van der Waals surface area contributed by atoms with Crippen molar-refractivity contribution in [3.63, 3.8) is 0 Å². The molecule has 24 heavy (non-hydrogen) atoms. The molecule has 1 atom stereocenters. The third-order valence-corrected chi connectivity index (χ3v) is 4.07. The zero-order valence-corrected chi connectivity index (χ0v) is 12.9. The molecule has 1 amide bonds. The lowest BCUT2D eigenvalue weighted by molar-refractivity contribution is -0.125. The van der Waals surface area contributed by atoms with E-state index in [1.165, 1.54) is 0 Å². The Morgan fingerprint density at radius 1 is 1.38 bits per heavy atom. The minimum absolute atomic E-state index is 0.0277. The fourth-order valence-corrected chi connectivity index (χ4v) is 2.81. The summed E-state index contributed by atoms with van der Waals surface area (Å²) in [6, 6.07) is 1.96. The van der Waals surface area contributed by atoms with E-state index in [0.29, 0.717) is 30.3 Å². The van der Waals surface area contributed by atoms with Gasteiger partial charge in [0.2, 0.25) is 11.7 Å². The zero-order chi connectivity index (χ0) is 16.4. The Balaban J connectivity index is 1.36. The standard InChI is InChI=1S/C15H16N8O/c24-15(10-2-6-23-11(7-10)1-3-19-23)18-9-13-20-14(22-21-13)12-8-16-4-5-17-12/h1,3-5,8,10H,2,6-7,9H2,(H,18,24)(H,20,21,22). The van der Waals surface area contributed by atoms with Crippen LogP contribution in [0.5, 0.6) is 0 Å². The Bertz CT molecular complexity index is 840. The lowest BCUT2D eigenvalue weighted by atomic mass is 9.95. The van der Waals surface area contributed by atoms with Crippen molar-refractivity contribution in [1.82, 2.24) is 40.2 Å². The first-order chi connectivity index (χ1) is 11.8. The highest BCUT2D eigenvalue weighted by Gasteiger charge is 2.25. The quantitative estimate of drug-likeness (QED) is 0.715. The van der Waals surface area contributed by atoms with Gasteiger partial charge in [0.05, 0.1) is 12.7 Å². The van der Waals surface area contributed by atoms with Gasteiger partial charge in [0.15, 0.2) is 0 Å². The van der Waals surface area contributed by atoms with Crippen LogP contribution in [0.4, 0.5) is 0 Å². The van der Waals surface area contributed by atoms with Crippen molar-refractivity contribution in [2.75, 3.05) is 0 Å². The highest BCUT2D eigenvalue weighted by atomic mass is 16.1. The van der Waals surface area contributed by atoms with E-state index in [4.69, 9.17) is 0 Å². The molecule has 0 saturated carbocycles. The summed E-state index contributed by atoms with van der Waals surface area (Å²) in [7, 11) is 0. The van der Waals surface area contributed by atoms with Gasteiger partial charge < -0.3 is 5.32 Å². The first-order valence-electron chi connectivity index (χ1n) is 7.75. The molecule has 2 N–H and O–H groups in total. The Kier molecular flexibility index (Phi) is 3.73. The van der Waals surface area contributed by atoms with Crippen LogP contribution in [0, 0.1) is 5.92 Å². The van der Waals surface area contributed by atoms with E-state index in [2.05, 4.69) is 35.6 Å². The predicted octanol–water partition coefficient (Wildman–Crippen LogP) is 0.337. The number of aryl methyl sites for hydroxylation is 1. The van der Waals surface area contributed by atoms with Gasteiger partial charge in [0, 0.05) is 43.2 Å². The van der Waals surface area contributed by atoms with Crippen LogP contribution in [-0.2, 0) is 24.3 Å². The second-order valence-corrected chi connectivity index (χ2v) is 5.65. The second kappa shape index (κ2) is 6.19. The number of aromatic amines is 1. The Hall–Kier alpha value is -3.10. The monoisotopic (exact) mass is 324 g/mol. The average Bonchev–Trinajstić information content (AvgIpc) is 3.29. The fraction of sp³-hybridized carbons (Fsp3) is 0.333. The molecule has 1 aliphatic rings. The molecular formula is C15H16N8O. The van der Waals surface area contributed by atoms with E-state index in [1.807, 2.05) is 10.7 Å². The van der Waals surface area contributed by atoms with Crippen molar-refractivity contribution >= 4 is 5.91 Å². The van der Waals surface area contributed by atoms with Crippen molar-refractivity contribution in [2.24, 2.45) is 5.92 Å². The zero-order valence-electron chi connectivity index (χ0n) is 12.9. The van der Waals surface area contributed by atoms with E-state index < -0.39 is 0 Å². The molecule has 0 aromatic carbocycles. The largest absolute Gasteiger partial charge is 0.349 e. The lowest BCUT2D eigenvalue weighted by Crippen LogP contribution is -2.35. The summed E-state index contributed by atoms with van der Waals surface area (Å²) in [5.74, 6) is 1.05. The molecule has 1 unspecified atom stereocenters. The van der Waals surface area contributed by atoms with Gasteiger partial charge in [-0.05, 0) is 12.5 Å². The molecule has 122 valence electrons. The third kappa shape index (κ3) is 2.87. The third-order valence-electron chi connectivity index (χ3n) is 4.07. The minimum atomic E-state index is -0.0309. The molecule has 9 nitrogen and oxygen atoms in total. The van der Waals surface area contributed by atoms with Gasteiger partial charge in [-0.1, -0.05) is 0 Å². The number of hydrogen-bond acceptors (Lipinski definition) is 6. The molecule has 0 saturated heterocycles. The highest BCUT2D eigenvalue weighted by molar-refractivity contribution is 5.78. The highest BCUT2D eigenvalue weighted by Crippen LogP contribution is 2.19. The molecule has 4 heterocycles. The van der Waals surface area contributed by atoms with Crippen LogP contribution in [0.3, 0.4) is 0 Å². The predicted molar refractivity (Wildman–Crippen MR) is 83.3 cm³/mol. The molecule has 3 aromatic heterocycles. The molecule has 4 rings (SSSR count). The fourth-order valence-electron chi connectivity index (χ4n) is 2.81. The van der Waals surface area contributed by atoms with Gasteiger partial charge in [-0.3, -0.25) is 19.6 Å². The summed E-state index contributed by atoms with van der Waals surface area (Å²) < 4.78 is 1.95. The van der Waals surface area contributed by atoms with Crippen molar-refractivity contribution in [2.45, 2.75) is 25.9 Å². The minimum Gasteiger partial charge on any atom is -0.349 e. The molecule has 9 heteroatoms. The maximum absolute atomic E-state index is 12.4. The lowest BCUT2D eigenvalue weighted by Gasteiger charge is -2.22. The first-order valence-corrected chi connectivity index (χ1v) is 7.75. The summed E-state index contributed by atoms with van der Waals surface area (Å²) >= 11 is 0. The van der Waals surface area contributed by atoms with Gasteiger partial charge in [-0.2, -0.15) is 10.2 Å². The summed E-state index contributed by atoms with van der Waals surface area (Å²) in [6.07, 6.45) is 8.05. The van der Waals surface area contributed by atoms with Crippen LogP contribution in [0.1, 0.15) is 17.9 Å². The summed E-state index contributed by atoms with van der Waals surface area (Å²) in [6.45, 7) is 1.08. The van der Waals surface area contributed by atoms with Gasteiger partial charge in [-0.15, -0.1) is 0 Å². The number of aromatic nitrogens is 7. The van der Waals surface area contributed by atoms with E-state index in [0.717, 1.165) is 18.7 Å². The second-order valence-electron chi connectivity index (χ2n) is 5.65. The van der Waals surface area contributed by atoms with E-state index in [9.17, 15) is 4.79 Å². The molecular weight excluding hydrogens is 308 g/mol. The Morgan fingerprint density at radius 2 is 2.33 bits per heavy atom. The van der Waals surface area contributed by atoms with Crippen LogP contribution >= 0.6 is 0 Å². The van der Waals surface area contributed by atoms with Crippen molar-refractivity contribution in [3.05, 3.63) is 42.4 Å². The molecule has 0 fully saturated rings. The molecule has 0 spiro atoms. The Labute approximate surface area is 137 Å². The number of hydrogen-bond donors (Lipinski definition) is 2. The molecule has 0 radical (unpaired) electrons. The summed E-state index contributed by atoms with van der Waals surface area (Å²) in [5.41, 5.74) is 1.69. The SMILES string of the molecule is O=C(NCc1nc(-c2cnccn2)n[nH]1)C1CCn2nccc2C1. The molecule has 3 aromatic rings. The number of carbonyl (C=O) groups is 1. The normalized spacial score (nSPS) is 16.6. The number of carbonyl (C=O) groups excluding carboxylic acids is 1. The van der Waals surface area contributed by atoms with E-state index in [1.54, 1.807) is 24.8 Å². The molecule has 0 aliphatic carbocycles. The first kappa shape index (κ1) is 14.5. The van der Waals surface area contributed by atoms with Crippen LogP contribution in [0.2, 0.25) is 0 Å². The van der Waals surface area contributed by atoms with Gasteiger partial charge >= 0.3 is 0 Å². The van der Waals surface area contributed by atoms with Crippen LogP contribution in [0.15, 0.2) is 30.9 Å². The van der Waals surface area contributed by atoms with Gasteiger partial charge in [0.1, 0.15) is 11.5 Å². The van der Waals surface area contributed by atoms with Crippen LogP contribution in [0.25, 0.3) is 11.5 Å². The van der Waals surface area contributed by atoms with Crippen molar-refractivity contribution < 1.29 is 4.79 Å². The summed E-state index contributed by atoms with van der Waals surface area (Å²) in [5, 5.41) is 14.1. The molecule has 0 bridgehead atoms. The molecule has 1 aliphatic heterocycles.